The van der Waals surface area contributed by atoms with Crippen molar-refractivity contribution in [2.45, 2.75) is 10.6 Å². The summed E-state index contributed by atoms with van der Waals surface area (Å²) in [6.07, 6.45) is 0. The van der Waals surface area contributed by atoms with E-state index in [0.717, 1.165) is 0 Å². The molecule has 0 aliphatic heterocycles. The van der Waals surface area contributed by atoms with E-state index in [2.05, 4.69) is 84.9 Å². The fourth-order valence-corrected chi connectivity index (χ4v) is 5.77. The van der Waals surface area contributed by atoms with Gasteiger partial charge in [-0.05, 0) is 0 Å². The molecule has 0 heterocycles. The molecule has 0 saturated heterocycles. The Labute approximate surface area is 145 Å². The average molecular weight is 416 g/mol. The van der Waals surface area contributed by atoms with Gasteiger partial charge in [0.05, 0.1) is 0 Å². The van der Waals surface area contributed by atoms with E-state index in [0.29, 0.717) is 29.9 Å². The SMILES string of the molecule is c1ccc([Se]Cc2ccc(C[Se]c3ccccc3)cc2)cc1. The fourth-order valence-electron chi connectivity index (χ4n) is 2.10. The van der Waals surface area contributed by atoms with Crippen molar-refractivity contribution in [1.29, 1.82) is 0 Å². The minimum atomic E-state index is 0.538. The van der Waals surface area contributed by atoms with E-state index in [9.17, 15) is 0 Å². The number of rotatable bonds is 6. The molecule has 2 heteroatoms. The summed E-state index contributed by atoms with van der Waals surface area (Å²) in [4.78, 5) is 0. The van der Waals surface area contributed by atoms with Crippen molar-refractivity contribution in [2.75, 3.05) is 0 Å². The first-order valence-corrected chi connectivity index (χ1v) is 11.5. The maximum absolute atomic E-state index is 2.31. The van der Waals surface area contributed by atoms with Crippen molar-refractivity contribution >= 4 is 38.8 Å². The van der Waals surface area contributed by atoms with Crippen LogP contribution in [0, 0.1) is 0 Å². The van der Waals surface area contributed by atoms with Crippen LogP contribution in [0.5, 0.6) is 0 Å². The molecule has 0 amide bonds. The molecule has 3 rings (SSSR count). The summed E-state index contributed by atoms with van der Waals surface area (Å²) in [6, 6.07) is 30.9. The molecule has 3 aromatic rings. The van der Waals surface area contributed by atoms with Gasteiger partial charge >= 0.3 is 146 Å². The van der Waals surface area contributed by atoms with Gasteiger partial charge in [-0.15, -0.1) is 0 Å². The van der Waals surface area contributed by atoms with Crippen LogP contribution in [0.3, 0.4) is 0 Å². The summed E-state index contributed by atoms with van der Waals surface area (Å²) < 4.78 is 2.96. The van der Waals surface area contributed by atoms with E-state index in [1.54, 1.807) is 0 Å². The molecule has 0 aliphatic rings. The third-order valence-corrected chi connectivity index (χ3v) is 7.87. The molecule has 0 radical (unpaired) electrons. The van der Waals surface area contributed by atoms with Crippen LogP contribution >= 0.6 is 0 Å². The number of hydrogen-bond donors (Lipinski definition) is 0. The Morgan fingerprint density at radius 1 is 0.455 bits per heavy atom. The molecule has 0 spiro atoms. The Morgan fingerprint density at radius 3 is 1.18 bits per heavy atom. The van der Waals surface area contributed by atoms with Gasteiger partial charge < -0.3 is 0 Å². The van der Waals surface area contributed by atoms with Crippen molar-refractivity contribution in [2.24, 2.45) is 0 Å². The van der Waals surface area contributed by atoms with Crippen LogP contribution in [-0.4, -0.2) is 29.9 Å². The molecule has 22 heavy (non-hydrogen) atoms. The Hall–Kier alpha value is -1.30. The molecule has 0 N–H and O–H groups in total. The molecule has 0 fully saturated rings. The fraction of sp³-hybridized carbons (Fsp3) is 0.100. The molecular weight excluding hydrogens is 398 g/mol. The first-order valence-electron chi connectivity index (χ1n) is 7.34. The molecular formula is C20H18Se2. The third kappa shape index (κ3) is 4.86. The maximum atomic E-state index is 2.31. The van der Waals surface area contributed by atoms with Crippen molar-refractivity contribution < 1.29 is 0 Å². The number of benzene rings is 3. The average Bonchev–Trinajstić information content (AvgIpc) is 2.61. The van der Waals surface area contributed by atoms with Crippen LogP contribution < -0.4 is 8.92 Å². The summed E-state index contributed by atoms with van der Waals surface area (Å²) in [7, 11) is 0. The third-order valence-electron chi connectivity index (χ3n) is 3.32. The second kappa shape index (κ2) is 8.36. The zero-order valence-corrected chi connectivity index (χ0v) is 15.7. The Balaban J connectivity index is 1.52. The van der Waals surface area contributed by atoms with Crippen LogP contribution in [0.2, 0.25) is 0 Å². The predicted octanol–water partition coefficient (Wildman–Crippen LogP) is 2.75. The van der Waals surface area contributed by atoms with E-state index in [1.807, 2.05) is 0 Å². The molecule has 0 aliphatic carbocycles. The van der Waals surface area contributed by atoms with Crippen molar-refractivity contribution in [3.8, 4) is 0 Å². The second-order valence-electron chi connectivity index (χ2n) is 5.02. The molecule has 0 nitrogen and oxygen atoms in total. The van der Waals surface area contributed by atoms with Gasteiger partial charge in [-0.25, -0.2) is 0 Å². The first kappa shape index (κ1) is 15.6. The minimum absolute atomic E-state index is 0.538. The van der Waals surface area contributed by atoms with Crippen molar-refractivity contribution in [3.05, 3.63) is 96.1 Å². The zero-order chi connectivity index (χ0) is 15.0. The van der Waals surface area contributed by atoms with E-state index >= 15 is 0 Å². The van der Waals surface area contributed by atoms with E-state index < -0.39 is 0 Å². The standard InChI is InChI=1S/C20H18Se2/c1-3-7-19(8-4-1)21-15-17-11-13-18(14-12-17)16-22-20-9-5-2-6-10-20/h1-14H,15-16H2. The monoisotopic (exact) mass is 418 g/mol. The van der Waals surface area contributed by atoms with E-state index in [1.165, 1.54) is 30.7 Å². The molecule has 3 aromatic carbocycles. The van der Waals surface area contributed by atoms with Crippen molar-refractivity contribution in [3.63, 3.8) is 0 Å². The van der Waals surface area contributed by atoms with E-state index in [4.69, 9.17) is 0 Å². The van der Waals surface area contributed by atoms with Crippen molar-refractivity contribution in [1.82, 2.24) is 0 Å². The van der Waals surface area contributed by atoms with Gasteiger partial charge in [0.25, 0.3) is 0 Å². The Bertz CT molecular complexity index is 613. The molecule has 0 unspecified atom stereocenters. The van der Waals surface area contributed by atoms with Crippen LogP contribution in [0.25, 0.3) is 0 Å². The van der Waals surface area contributed by atoms with Gasteiger partial charge in [0.2, 0.25) is 0 Å². The summed E-state index contributed by atoms with van der Waals surface area (Å²) >= 11 is 1.08. The van der Waals surface area contributed by atoms with Crippen LogP contribution in [0.1, 0.15) is 11.1 Å². The molecule has 0 aromatic heterocycles. The summed E-state index contributed by atoms with van der Waals surface area (Å²) in [5.74, 6) is 0. The molecule has 0 bridgehead atoms. The normalized spacial score (nSPS) is 10.5. The van der Waals surface area contributed by atoms with Gasteiger partial charge in [-0.1, -0.05) is 0 Å². The van der Waals surface area contributed by atoms with Crippen LogP contribution in [-0.2, 0) is 10.6 Å². The Kier molecular flexibility index (Phi) is 5.93. The summed E-state index contributed by atoms with van der Waals surface area (Å²) in [6.45, 7) is 0. The van der Waals surface area contributed by atoms with Gasteiger partial charge in [0.15, 0.2) is 0 Å². The molecule has 0 atom stereocenters. The van der Waals surface area contributed by atoms with E-state index in [-0.39, 0.29) is 0 Å². The van der Waals surface area contributed by atoms with Crippen LogP contribution in [0.15, 0.2) is 84.9 Å². The summed E-state index contributed by atoms with van der Waals surface area (Å²) in [5, 5.41) is 2.36. The zero-order valence-electron chi connectivity index (χ0n) is 12.3. The second-order valence-corrected chi connectivity index (χ2v) is 9.42. The molecule has 110 valence electrons. The van der Waals surface area contributed by atoms with Gasteiger partial charge in [-0.2, -0.15) is 0 Å². The Morgan fingerprint density at radius 2 is 0.818 bits per heavy atom. The van der Waals surface area contributed by atoms with Gasteiger partial charge in [0, 0.05) is 0 Å². The number of hydrogen-bond acceptors (Lipinski definition) is 0. The molecule has 0 saturated carbocycles. The predicted molar refractivity (Wildman–Crippen MR) is 97.5 cm³/mol. The van der Waals surface area contributed by atoms with Crippen LogP contribution in [0.4, 0.5) is 0 Å². The topological polar surface area (TPSA) is 0 Å². The first-order chi connectivity index (χ1) is 10.9. The van der Waals surface area contributed by atoms with Gasteiger partial charge in [0.1, 0.15) is 0 Å². The van der Waals surface area contributed by atoms with Gasteiger partial charge in [-0.3, -0.25) is 0 Å². The summed E-state index contributed by atoms with van der Waals surface area (Å²) in [5.41, 5.74) is 2.92. The quantitative estimate of drug-likeness (QED) is 0.543.